The number of rotatable bonds is 3. The van der Waals surface area contributed by atoms with Gasteiger partial charge in [-0.05, 0) is 0 Å². The second kappa shape index (κ2) is 3.58. The van der Waals surface area contributed by atoms with E-state index in [1.807, 2.05) is 0 Å². The number of halogens is 4. The molecule has 0 aromatic carbocycles. The molecule has 0 radical (unpaired) electrons. The number of hydrogen-bond acceptors (Lipinski definition) is 4. The molecule has 18 heavy (non-hydrogen) atoms. The second-order valence-electron chi connectivity index (χ2n) is 4.46. The Labute approximate surface area is 99.2 Å². The predicted molar refractivity (Wildman–Crippen MR) is 48.0 cm³/mol. The molecule has 0 amide bonds. The Bertz CT molecular complexity index is 371. The summed E-state index contributed by atoms with van der Waals surface area (Å²) < 4.78 is 61.4. The van der Waals surface area contributed by atoms with Crippen molar-refractivity contribution in [2.24, 2.45) is 11.8 Å². The molecule has 2 saturated carbocycles. The smallest absolute Gasteiger partial charge is 0.303 e. The summed E-state index contributed by atoms with van der Waals surface area (Å²) in [5, 5.41) is 0. The minimum atomic E-state index is -3.49. The first-order chi connectivity index (χ1) is 8.10. The van der Waals surface area contributed by atoms with Crippen LogP contribution in [0.2, 0.25) is 0 Å². The Morgan fingerprint density at radius 2 is 1.11 bits per heavy atom. The quantitative estimate of drug-likeness (QED) is 0.574. The number of carbonyl (C=O) groups is 2. The minimum absolute atomic E-state index is 0.917. The van der Waals surface area contributed by atoms with Crippen LogP contribution < -0.4 is 0 Å². The van der Waals surface area contributed by atoms with Crippen LogP contribution in [0, 0.1) is 11.8 Å². The van der Waals surface area contributed by atoms with E-state index in [1.165, 1.54) is 0 Å². The maximum atomic E-state index is 13.2. The van der Waals surface area contributed by atoms with Crippen LogP contribution in [0.25, 0.3) is 0 Å². The van der Waals surface area contributed by atoms with E-state index in [2.05, 4.69) is 9.47 Å². The SMILES string of the molecule is CC(=O)O[C@H]1[C@H]([C@H]2[C@H](OC(C)=O)C2(F)F)C1(F)F. The molecule has 2 rings (SSSR count). The van der Waals surface area contributed by atoms with E-state index >= 15 is 0 Å². The van der Waals surface area contributed by atoms with Gasteiger partial charge in [-0.2, -0.15) is 0 Å². The van der Waals surface area contributed by atoms with Gasteiger partial charge < -0.3 is 9.47 Å². The highest BCUT2D eigenvalue weighted by Crippen LogP contribution is 2.68. The van der Waals surface area contributed by atoms with Crippen LogP contribution in [0.15, 0.2) is 0 Å². The molecule has 102 valence electrons. The normalized spacial score (nSPS) is 38.8. The molecule has 0 heterocycles. The van der Waals surface area contributed by atoms with Crippen molar-refractivity contribution in [3.63, 3.8) is 0 Å². The van der Waals surface area contributed by atoms with Crippen LogP contribution in [0.3, 0.4) is 0 Å². The lowest BCUT2D eigenvalue weighted by Gasteiger charge is -1.97. The standard InChI is InChI=1S/C10H10F4O4/c1-3(15)17-7-5(9(7,11)12)6-8(10(6,13)14)18-4(2)16/h5-8H,1-2H3/t5-,6-,7-,8-/m0/s1. The van der Waals surface area contributed by atoms with Gasteiger partial charge >= 0.3 is 11.9 Å². The molecule has 4 atom stereocenters. The van der Waals surface area contributed by atoms with Crippen molar-refractivity contribution in [1.82, 2.24) is 0 Å². The molecule has 2 aliphatic rings. The molecule has 0 unspecified atom stereocenters. The number of hydrogen-bond donors (Lipinski definition) is 0. The van der Waals surface area contributed by atoms with Gasteiger partial charge in [0.25, 0.3) is 11.8 Å². The van der Waals surface area contributed by atoms with Crippen molar-refractivity contribution < 1.29 is 36.6 Å². The van der Waals surface area contributed by atoms with Crippen molar-refractivity contribution in [3.8, 4) is 0 Å². The van der Waals surface area contributed by atoms with Crippen LogP contribution >= 0.6 is 0 Å². The van der Waals surface area contributed by atoms with Crippen molar-refractivity contribution in [1.29, 1.82) is 0 Å². The molecule has 0 bridgehead atoms. The monoisotopic (exact) mass is 270 g/mol. The molecule has 4 nitrogen and oxygen atoms in total. The number of ether oxygens (including phenoxy) is 2. The molecule has 0 saturated heterocycles. The average molecular weight is 270 g/mol. The van der Waals surface area contributed by atoms with Crippen molar-refractivity contribution in [3.05, 3.63) is 0 Å². The summed E-state index contributed by atoms with van der Waals surface area (Å²) in [5.74, 6) is -12.5. The number of carbonyl (C=O) groups excluding carboxylic acids is 2. The predicted octanol–water partition coefficient (Wildman–Crippen LogP) is 1.38. The van der Waals surface area contributed by atoms with Crippen LogP contribution in [-0.4, -0.2) is 36.0 Å². The van der Waals surface area contributed by atoms with Gasteiger partial charge in [-0.3, -0.25) is 9.59 Å². The van der Waals surface area contributed by atoms with Gasteiger partial charge in [0, 0.05) is 13.8 Å². The molecule has 2 aliphatic carbocycles. The van der Waals surface area contributed by atoms with E-state index in [0.717, 1.165) is 13.8 Å². The van der Waals surface area contributed by atoms with Gasteiger partial charge in [-0.1, -0.05) is 0 Å². The molecule has 0 aromatic rings. The highest BCUT2D eigenvalue weighted by atomic mass is 19.3. The average Bonchev–Trinajstić information content (AvgIpc) is 2.86. The third-order valence-corrected chi connectivity index (χ3v) is 3.05. The summed E-state index contributed by atoms with van der Waals surface area (Å²) in [7, 11) is 0. The van der Waals surface area contributed by atoms with Crippen LogP contribution in [-0.2, 0) is 19.1 Å². The minimum Gasteiger partial charge on any atom is -0.456 e. The molecule has 0 aromatic heterocycles. The largest absolute Gasteiger partial charge is 0.456 e. The van der Waals surface area contributed by atoms with E-state index < -0.39 is 47.8 Å². The third kappa shape index (κ3) is 1.83. The zero-order valence-corrected chi connectivity index (χ0v) is 9.45. The summed E-state index contributed by atoms with van der Waals surface area (Å²) >= 11 is 0. The highest BCUT2D eigenvalue weighted by Gasteiger charge is 2.88. The molecule has 8 heteroatoms. The van der Waals surface area contributed by atoms with Gasteiger partial charge in [-0.25, -0.2) is 17.6 Å². The Morgan fingerprint density at radius 1 is 0.833 bits per heavy atom. The molecule has 0 aliphatic heterocycles. The lowest BCUT2D eigenvalue weighted by atomic mass is 10.2. The summed E-state index contributed by atoms with van der Waals surface area (Å²) in [5.41, 5.74) is 0. The van der Waals surface area contributed by atoms with Crippen LogP contribution in [0.4, 0.5) is 17.6 Å². The fourth-order valence-electron chi connectivity index (χ4n) is 2.16. The number of alkyl halides is 4. The highest BCUT2D eigenvalue weighted by molar-refractivity contribution is 5.67. The zero-order chi connectivity index (χ0) is 13.9. The van der Waals surface area contributed by atoms with Crippen molar-refractivity contribution in [2.45, 2.75) is 37.9 Å². The van der Waals surface area contributed by atoms with E-state index in [4.69, 9.17) is 0 Å². The lowest BCUT2D eigenvalue weighted by molar-refractivity contribution is -0.146. The van der Waals surface area contributed by atoms with E-state index in [1.54, 1.807) is 0 Å². The van der Waals surface area contributed by atoms with Crippen molar-refractivity contribution >= 4 is 11.9 Å². The van der Waals surface area contributed by atoms with Crippen molar-refractivity contribution in [2.75, 3.05) is 0 Å². The van der Waals surface area contributed by atoms with Gasteiger partial charge in [0.05, 0.1) is 11.8 Å². The van der Waals surface area contributed by atoms with E-state index in [9.17, 15) is 27.2 Å². The Kier molecular flexibility index (Phi) is 2.61. The molecular formula is C10H10F4O4. The summed E-state index contributed by atoms with van der Waals surface area (Å²) in [6, 6.07) is 0. The maximum Gasteiger partial charge on any atom is 0.303 e. The fourth-order valence-corrected chi connectivity index (χ4v) is 2.16. The second-order valence-corrected chi connectivity index (χ2v) is 4.46. The van der Waals surface area contributed by atoms with Crippen LogP contribution in [0.1, 0.15) is 13.8 Å². The molecule has 2 fully saturated rings. The Hall–Kier alpha value is -1.34. The molecule has 0 N–H and O–H groups in total. The Morgan fingerprint density at radius 3 is 1.33 bits per heavy atom. The third-order valence-electron chi connectivity index (χ3n) is 3.05. The van der Waals surface area contributed by atoms with Crippen LogP contribution in [0.5, 0.6) is 0 Å². The molecule has 0 spiro atoms. The first kappa shape index (κ1) is 13.1. The Balaban J connectivity index is 2.06. The van der Waals surface area contributed by atoms with E-state index in [-0.39, 0.29) is 0 Å². The first-order valence-electron chi connectivity index (χ1n) is 5.20. The summed E-state index contributed by atoms with van der Waals surface area (Å²) in [4.78, 5) is 21.1. The fraction of sp³-hybridized carbons (Fsp3) is 0.800. The van der Waals surface area contributed by atoms with Gasteiger partial charge in [0.15, 0.2) is 12.2 Å². The topological polar surface area (TPSA) is 52.6 Å². The summed E-state index contributed by atoms with van der Waals surface area (Å²) in [6.07, 6.45) is -3.71. The van der Waals surface area contributed by atoms with Gasteiger partial charge in [0.2, 0.25) is 0 Å². The maximum absolute atomic E-state index is 13.2. The number of esters is 2. The zero-order valence-electron chi connectivity index (χ0n) is 9.45. The van der Waals surface area contributed by atoms with Gasteiger partial charge in [0.1, 0.15) is 0 Å². The van der Waals surface area contributed by atoms with E-state index in [0.29, 0.717) is 0 Å². The summed E-state index contributed by atoms with van der Waals surface area (Å²) in [6.45, 7) is 1.83. The first-order valence-corrected chi connectivity index (χ1v) is 5.20. The molecular weight excluding hydrogens is 260 g/mol. The van der Waals surface area contributed by atoms with Gasteiger partial charge in [-0.15, -0.1) is 0 Å². The lowest BCUT2D eigenvalue weighted by Crippen LogP contribution is -2.08.